The molecule has 4 rings (SSSR count). The lowest BCUT2D eigenvalue weighted by Crippen LogP contribution is -2.35. The van der Waals surface area contributed by atoms with Crippen molar-refractivity contribution in [2.75, 3.05) is 19.6 Å². The van der Waals surface area contributed by atoms with Crippen LogP contribution in [0.1, 0.15) is 59.7 Å². The first-order chi connectivity index (χ1) is 11.3. The monoisotopic (exact) mass is 328 g/mol. The van der Waals surface area contributed by atoms with E-state index in [0.29, 0.717) is 11.2 Å². The van der Waals surface area contributed by atoms with Crippen molar-refractivity contribution in [3.05, 3.63) is 35.4 Å². The van der Waals surface area contributed by atoms with Gasteiger partial charge in [-0.05, 0) is 56.2 Å². The molecule has 0 saturated carbocycles. The van der Waals surface area contributed by atoms with Crippen molar-refractivity contribution in [3.63, 3.8) is 0 Å². The molecule has 2 atom stereocenters. The Bertz CT molecular complexity index is 604. The Morgan fingerprint density at radius 2 is 1.87 bits per heavy atom. The summed E-state index contributed by atoms with van der Waals surface area (Å²) in [6.45, 7) is 2.84. The topological polar surface area (TPSA) is 32.7 Å². The molecule has 1 amide bonds. The molecule has 3 aliphatic heterocycles. The third-order valence-electron chi connectivity index (χ3n) is 5.26. The zero-order valence-electron chi connectivity index (χ0n) is 13.5. The minimum atomic E-state index is 0.202. The molecule has 1 aromatic rings. The number of hydrogen-bond donors (Lipinski definition) is 0. The summed E-state index contributed by atoms with van der Waals surface area (Å²) in [6.07, 6.45) is 7.30. The molecule has 1 aromatic carbocycles. The molecular weight excluding hydrogens is 304 g/mol. The lowest BCUT2D eigenvalue weighted by atomic mass is 9.94. The van der Waals surface area contributed by atoms with Gasteiger partial charge in [0.05, 0.1) is 5.04 Å². The van der Waals surface area contributed by atoms with Gasteiger partial charge >= 0.3 is 0 Å². The highest BCUT2D eigenvalue weighted by Gasteiger charge is 2.33. The van der Waals surface area contributed by atoms with E-state index in [-0.39, 0.29) is 5.91 Å². The van der Waals surface area contributed by atoms with E-state index < -0.39 is 0 Å². The van der Waals surface area contributed by atoms with Crippen molar-refractivity contribution in [1.82, 2.24) is 4.90 Å². The van der Waals surface area contributed by atoms with Crippen LogP contribution in [0.3, 0.4) is 0 Å². The molecule has 0 bridgehead atoms. The van der Waals surface area contributed by atoms with Gasteiger partial charge in [0.25, 0.3) is 5.91 Å². The smallest absolute Gasteiger partial charge is 0.253 e. The Morgan fingerprint density at radius 3 is 2.61 bits per heavy atom. The molecule has 0 spiro atoms. The Hall–Kier alpha value is -1.29. The Kier molecular flexibility index (Phi) is 4.43. The molecule has 122 valence electrons. The quantitative estimate of drug-likeness (QED) is 0.811. The first-order valence-corrected chi connectivity index (χ1v) is 9.79. The van der Waals surface area contributed by atoms with Crippen LogP contribution in [0.15, 0.2) is 29.3 Å². The Balaban J connectivity index is 1.45. The summed E-state index contributed by atoms with van der Waals surface area (Å²) in [5.74, 6) is 0.891. The summed E-state index contributed by atoms with van der Waals surface area (Å²) in [6, 6.07) is 8.37. The number of amides is 1. The second-order valence-electron chi connectivity index (χ2n) is 6.88. The molecular formula is C19H24N2OS. The predicted molar refractivity (Wildman–Crippen MR) is 96.2 cm³/mol. The Morgan fingerprint density at radius 1 is 1.09 bits per heavy atom. The van der Waals surface area contributed by atoms with Crippen LogP contribution in [-0.2, 0) is 0 Å². The fourth-order valence-corrected chi connectivity index (χ4v) is 5.39. The van der Waals surface area contributed by atoms with Crippen LogP contribution in [0.5, 0.6) is 0 Å². The largest absolute Gasteiger partial charge is 0.339 e. The van der Waals surface area contributed by atoms with Gasteiger partial charge in [-0.15, -0.1) is 11.8 Å². The fourth-order valence-electron chi connectivity index (χ4n) is 3.91. The van der Waals surface area contributed by atoms with Crippen molar-refractivity contribution in [1.29, 1.82) is 0 Å². The summed E-state index contributed by atoms with van der Waals surface area (Å²) in [5.41, 5.74) is 2.19. The summed E-state index contributed by atoms with van der Waals surface area (Å²) in [4.78, 5) is 19.2. The number of rotatable bonds is 2. The number of aliphatic imine (C=N–C) groups is 1. The zero-order valence-corrected chi connectivity index (χ0v) is 14.4. The SMILES string of the molecule is O=C(c1ccc(C2CC3CCCN=C3S2)cc1)N1CCCCC1. The van der Waals surface area contributed by atoms with E-state index in [1.165, 1.54) is 36.3 Å². The number of carbonyl (C=O) groups is 1. The standard InChI is InChI=1S/C19H24N2OS/c22-19(21-11-2-1-3-12-21)15-8-6-14(7-9-15)17-13-16-5-4-10-20-18(16)23-17/h6-9,16-17H,1-5,10-13H2. The summed E-state index contributed by atoms with van der Waals surface area (Å²) >= 11 is 1.94. The van der Waals surface area contributed by atoms with Gasteiger partial charge in [0.15, 0.2) is 0 Å². The van der Waals surface area contributed by atoms with Crippen LogP contribution in [-0.4, -0.2) is 35.5 Å². The van der Waals surface area contributed by atoms with Crippen LogP contribution in [0.4, 0.5) is 0 Å². The lowest BCUT2D eigenvalue weighted by molar-refractivity contribution is 0.0724. The fraction of sp³-hybridized carbons (Fsp3) is 0.579. The molecule has 2 saturated heterocycles. The van der Waals surface area contributed by atoms with E-state index in [4.69, 9.17) is 4.99 Å². The first kappa shape index (κ1) is 15.3. The highest BCUT2D eigenvalue weighted by molar-refractivity contribution is 8.14. The van der Waals surface area contributed by atoms with Gasteiger partial charge in [0.1, 0.15) is 0 Å². The molecule has 0 radical (unpaired) electrons. The minimum Gasteiger partial charge on any atom is -0.339 e. The highest BCUT2D eigenvalue weighted by atomic mass is 32.2. The van der Waals surface area contributed by atoms with Gasteiger partial charge in [-0.1, -0.05) is 12.1 Å². The maximum absolute atomic E-state index is 12.5. The molecule has 2 unspecified atom stereocenters. The number of nitrogens with zero attached hydrogens (tertiary/aromatic N) is 2. The number of hydrogen-bond acceptors (Lipinski definition) is 3. The van der Waals surface area contributed by atoms with Crippen molar-refractivity contribution < 1.29 is 4.79 Å². The second kappa shape index (κ2) is 6.68. The third kappa shape index (κ3) is 3.18. The van der Waals surface area contributed by atoms with E-state index in [1.54, 1.807) is 0 Å². The number of carbonyl (C=O) groups excluding carboxylic acids is 1. The summed E-state index contributed by atoms with van der Waals surface area (Å²) in [5, 5.41) is 1.89. The maximum Gasteiger partial charge on any atom is 0.253 e. The van der Waals surface area contributed by atoms with Crippen molar-refractivity contribution >= 4 is 22.7 Å². The van der Waals surface area contributed by atoms with Crippen LogP contribution >= 0.6 is 11.8 Å². The zero-order chi connectivity index (χ0) is 15.6. The number of thioether (sulfide) groups is 1. The number of piperidine rings is 1. The second-order valence-corrected chi connectivity index (χ2v) is 8.10. The molecule has 3 aliphatic rings. The van der Waals surface area contributed by atoms with Crippen molar-refractivity contribution in [3.8, 4) is 0 Å². The molecule has 23 heavy (non-hydrogen) atoms. The third-order valence-corrected chi connectivity index (χ3v) is 6.71. The average molecular weight is 328 g/mol. The lowest BCUT2D eigenvalue weighted by Gasteiger charge is -2.26. The summed E-state index contributed by atoms with van der Waals surface area (Å²) in [7, 11) is 0. The normalized spacial score (nSPS) is 27.5. The van der Waals surface area contributed by atoms with Gasteiger partial charge in [0, 0.05) is 36.4 Å². The molecule has 4 heteroatoms. The maximum atomic E-state index is 12.5. The predicted octanol–water partition coefficient (Wildman–Crippen LogP) is 4.30. The van der Waals surface area contributed by atoms with Crippen molar-refractivity contribution in [2.24, 2.45) is 10.9 Å². The molecule has 3 heterocycles. The van der Waals surface area contributed by atoms with Crippen LogP contribution in [0.25, 0.3) is 0 Å². The van der Waals surface area contributed by atoms with E-state index in [1.807, 2.05) is 28.8 Å². The van der Waals surface area contributed by atoms with E-state index >= 15 is 0 Å². The molecule has 2 fully saturated rings. The van der Waals surface area contributed by atoms with Gasteiger partial charge in [-0.25, -0.2) is 0 Å². The van der Waals surface area contributed by atoms with E-state index in [0.717, 1.165) is 38.0 Å². The Labute approximate surface area is 142 Å². The van der Waals surface area contributed by atoms with Gasteiger partial charge in [-0.2, -0.15) is 0 Å². The molecule has 0 aliphatic carbocycles. The number of likely N-dealkylation sites (tertiary alicyclic amines) is 1. The van der Waals surface area contributed by atoms with Gasteiger partial charge in [-0.3, -0.25) is 9.79 Å². The number of fused-ring (bicyclic) bond motifs is 1. The average Bonchev–Trinajstić information content (AvgIpc) is 3.06. The van der Waals surface area contributed by atoms with Gasteiger partial charge in [0.2, 0.25) is 0 Å². The minimum absolute atomic E-state index is 0.202. The van der Waals surface area contributed by atoms with E-state index in [9.17, 15) is 4.79 Å². The van der Waals surface area contributed by atoms with Crippen LogP contribution in [0, 0.1) is 5.92 Å². The van der Waals surface area contributed by atoms with Crippen LogP contribution < -0.4 is 0 Å². The van der Waals surface area contributed by atoms with E-state index in [2.05, 4.69) is 12.1 Å². The first-order valence-electron chi connectivity index (χ1n) is 8.91. The molecule has 0 N–H and O–H groups in total. The van der Waals surface area contributed by atoms with Crippen LogP contribution in [0.2, 0.25) is 0 Å². The van der Waals surface area contributed by atoms with Crippen molar-refractivity contribution in [2.45, 2.75) is 43.8 Å². The molecule has 3 nitrogen and oxygen atoms in total. The molecule has 0 aromatic heterocycles. The van der Waals surface area contributed by atoms with Gasteiger partial charge < -0.3 is 4.90 Å². The number of benzene rings is 1. The highest BCUT2D eigenvalue weighted by Crippen LogP contribution is 2.47. The summed E-state index contributed by atoms with van der Waals surface area (Å²) < 4.78 is 0.